The molecule has 3 nitrogen and oxygen atoms in total. The van der Waals surface area contributed by atoms with Crippen LogP contribution in [0.25, 0.3) is 0 Å². The number of carbonyl (C=O) groups is 1. The van der Waals surface area contributed by atoms with Gasteiger partial charge in [0.15, 0.2) is 0 Å². The predicted molar refractivity (Wildman–Crippen MR) is 86.3 cm³/mol. The number of hydrogen-bond acceptors (Lipinski definition) is 3. The van der Waals surface area contributed by atoms with E-state index in [9.17, 15) is 4.79 Å². The van der Waals surface area contributed by atoms with Crippen molar-refractivity contribution in [3.8, 4) is 0 Å². The van der Waals surface area contributed by atoms with Crippen LogP contribution in [0.15, 0.2) is 48.8 Å². The number of amides is 1. The highest BCUT2D eigenvalue weighted by Crippen LogP contribution is 2.38. The molecule has 1 saturated heterocycles. The first-order chi connectivity index (χ1) is 10.3. The Morgan fingerprint density at radius 2 is 1.95 bits per heavy atom. The maximum atomic E-state index is 12.7. The van der Waals surface area contributed by atoms with Gasteiger partial charge in [0.05, 0.1) is 0 Å². The molecule has 0 radical (unpaired) electrons. The fourth-order valence-electron chi connectivity index (χ4n) is 2.53. The number of aryl methyl sites for hydroxylation is 1. The third-order valence-corrected chi connectivity index (χ3v) is 5.01. The van der Waals surface area contributed by atoms with Crippen LogP contribution in [-0.4, -0.2) is 28.1 Å². The first-order valence-electron chi connectivity index (χ1n) is 7.21. The fourth-order valence-corrected chi connectivity index (χ4v) is 3.79. The van der Waals surface area contributed by atoms with Crippen molar-refractivity contribution in [2.24, 2.45) is 0 Å². The molecule has 1 fully saturated rings. The number of aromatic nitrogens is 1. The Labute approximate surface area is 129 Å². The van der Waals surface area contributed by atoms with Crippen LogP contribution in [0.1, 0.15) is 33.8 Å². The summed E-state index contributed by atoms with van der Waals surface area (Å²) >= 11 is 1.81. The third-order valence-electron chi connectivity index (χ3n) is 3.75. The first-order valence-corrected chi connectivity index (χ1v) is 8.26. The van der Waals surface area contributed by atoms with Crippen molar-refractivity contribution in [2.75, 3.05) is 12.3 Å². The Hall–Kier alpha value is -1.81. The van der Waals surface area contributed by atoms with E-state index in [1.807, 2.05) is 53.1 Å². The number of carbonyl (C=O) groups excluding carboxylic acids is 1. The Kier molecular flexibility index (Phi) is 4.25. The molecule has 108 valence electrons. The van der Waals surface area contributed by atoms with Crippen molar-refractivity contribution in [2.45, 2.75) is 18.7 Å². The summed E-state index contributed by atoms with van der Waals surface area (Å²) in [6.45, 7) is 2.92. The van der Waals surface area contributed by atoms with Crippen LogP contribution >= 0.6 is 11.8 Å². The molecule has 0 aliphatic carbocycles. The molecule has 0 saturated carbocycles. The van der Waals surface area contributed by atoms with Crippen molar-refractivity contribution in [1.82, 2.24) is 9.88 Å². The predicted octanol–water partition coefficient (Wildman–Crippen LogP) is 3.53. The number of thioether (sulfide) groups is 1. The van der Waals surface area contributed by atoms with E-state index in [1.165, 1.54) is 5.56 Å². The summed E-state index contributed by atoms with van der Waals surface area (Å²) in [4.78, 5) is 18.7. The highest BCUT2D eigenvalue weighted by atomic mass is 32.2. The van der Waals surface area contributed by atoms with Crippen LogP contribution in [0.3, 0.4) is 0 Å². The average Bonchev–Trinajstić information content (AvgIpc) is 3.04. The molecule has 1 aromatic heterocycles. The molecule has 4 heteroatoms. The van der Waals surface area contributed by atoms with Crippen LogP contribution in [0, 0.1) is 0 Å². The molecule has 1 atom stereocenters. The standard InChI is InChI=1S/C17H18N2OS/c1-2-13-3-5-14(6-4-13)16(20)19-11-12-21-17(19)15-7-9-18-10-8-15/h3-10,17H,2,11-12H2,1H3. The van der Waals surface area contributed by atoms with Gasteiger partial charge >= 0.3 is 0 Å². The number of hydrogen-bond donors (Lipinski definition) is 0. The normalized spacial score (nSPS) is 18.0. The third kappa shape index (κ3) is 2.95. The molecule has 1 unspecified atom stereocenters. The largest absolute Gasteiger partial charge is 0.322 e. The first kappa shape index (κ1) is 14.1. The molecule has 0 N–H and O–H groups in total. The van der Waals surface area contributed by atoms with Gasteiger partial charge in [0.2, 0.25) is 0 Å². The van der Waals surface area contributed by atoms with Gasteiger partial charge in [-0.1, -0.05) is 19.1 Å². The quantitative estimate of drug-likeness (QED) is 0.869. The summed E-state index contributed by atoms with van der Waals surface area (Å²) < 4.78 is 0. The van der Waals surface area contributed by atoms with Crippen LogP contribution in [0.5, 0.6) is 0 Å². The summed E-state index contributed by atoms with van der Waals surface area (Å²) in [6, 6.07) is 11.9. The monoisotopic (exact) mass is 298 g/mol. The maximum absolute atomic E-state index is 12.7. The van der Waals surface area contributed by atoms with E-state index in [1.54, 1.807) is 12.4 Å². The van der Waals surface area contributed by atoms with Crippen molar-refractivity contribution < 1.29 is 4.79 Å². The van der Waals surface area contributed by atoms with E-state index in [4.69, 9.17) is 0 Å². The Morgan fingerprint density at radius 1 is 1.24 bits per heavy atom. The minimum atomic E-state index is 0.103. The highest BCUT2D eigenvalue weighted by Gasteiger charge is 2.31. The van der Waals surface area contributed by atoms with Gasteiger partial charge in [-0.25, -0.2) is 0 Å². The Bertz CT molecular complexity index is 612. The summed E-state index contributed by atoms with van der Waals surface area (Å²) in [5.74, 6) is 1.09. The highest BCUT2D eigenvalue weighted by molar-refractivity contribution is 7.99. The summed E-state index contributed by atoms with van der Waals surface area (Å²) in [6.07, 6.45) is 4.56. The molecule has 1 amide bonds. The zero-order chi connectivity index (χ0) is 14.7. The zero-order valence-electron chi connectivity index (χ0n) is 12.0. The lowest BCUT2D eigenvalue weighted by Crippen LogP contribution is -2.30. The molecule has 0 bridgehead atoms. The van der Waals surface area contributed by atoms with Gasteiger partial charge in [0, 0.05) is 30.3 Å². The van der Waals surface area contributed by atoms with Crippen LogP contribution < -0.4 is 0 Å². The molecule has 2 aromatic rings. The van der Waals surface area contributed by atoms with Gasteiger partial charge in [-0.3, -0.25) is 9.78 Å². The van der Waals surface area contributed by atoms with Crippen molar-refractivity contribution >= 4 is 17.7 Å². The molecule has 21 heavy (non-hydrogen) atoms. The van der Waals surface area contributed by atoms with Crippen LogP contribution in [0.4, 0.5) is 0 Å². The summed E-state index contributed by atoms with van der Waals surface area (Å²) in [7, 11) is 0. The molecule has 3 rings (SSSR count). The number of nitrogens with zero attached hydrogens (tertiary/aromatic N) is 2. The number of pyridine rings is 1. The molecule has 1 aromatic carbocycles. The van der Waals surface area contributed by atoms with Crippen molar-refractivity contribution in [1.29, 1.82) is 0 Å². The molecule has 1 aliphatic rings. The fraction of sp³-hybridized carbons (Fsp3) is 0.294. The average molecular weight is 298 g/mol. The zero-order valence-corrected chi connectivity index (χ0v) is 12.8. The van der Waals surface area contributed by atoms with E-state index < -0.39 is 0 Å². The van der Waals surface area contributed by atoms with Crippen molar-refractivity contribution in [3.05, 3.63) is 65.5 Å². The minimum Gasteiger partial charge on any atom is -0.322 e. The van der Waals surface area contributed by atoms with Gasteiger partial charge in [0.25, 0.3) is 5.91 Å². The Balaban J connectivity index is 1.82. The summed E-state index contributed by atoms with van der Waals surface area (Å²) in [5.41, 5.74) is 3.17. The number of benzene rings is 1. The molecule has 1 aliphatic heterocycles. The van der Waals surface area contributed by atoms with E-state index in [2.05, 4.69) is 11.9 Å². The SMILES string of the molecule is CCc1ccc(C(=O)N2CCSC2c2ccncc2)cc1. The van der Waals surface area contributed by atoms with E-state index in [0.29, 0.717) is 0 Å². The molecule has 0 spiro atoms. The van der Waals surface area contributed by atoms with E-state index >= 15 is 0 Å². The lowest BCUT2D eigenvalue weighted by molar-refractivity contribution is 0.0760. The molecule has 2 heterocycles. The molecular formula is C17H18N2OS. The molecular weight excluding hydrogens is 280 g/mol. The minimum absolute atomic E-state index is 0.103. The van der Waals surface area contributed by atoms with Gasteiger partial charge in [-0.15, -0.1) is 11.8 Å². The topological polar surface area (TPSA) is 33.2 Å². The second-order valence-corrected chi connectivity index (χ2v) is 6.24. The van der Waals surface area contributed by atoms with Gasteiger partial charge < -0.3 is 4.90 Å². The van der Waals surface area contributed by atoms with Crippen LogP contribution in [0.2, 0.25) is 0 Å². The van der Waals surface area contributed by atoms with Gasteiger partial charge in [0.1, 0.15) is 5.37 Å². The van der Waals surface area contributed by atoms with Crippen LogP contribution in [-0.2, 0) is 6.42 Å². The lowest BCUT2D eigenvalue weighted by atomic mass is 10.1. The van der Waals surface area contributed by atoms with Gasteiger partial charge in [-0.2, -0.15) is 0 Å². The maximum Gasteiger partial charge on any atom is 0.255 e. The summed E-state index contributed by atoms with van der Waals surface area (Å²) in [5, 5.41) is 0.103. The van der Waals surface area contributed by atoms with Crippen molar-refractivity contribution in [3.63, 3.8) is 0 Å². The second kappa shape index (κ2) is 6.31. The van der Waals surface area contributed by atoms with E-state index in [-0.39, 0.29) is 11.3 Å². The van der Waals surface area contributed by atoms with E-state index in [0.717, 1.165) is 29.8 Å². The Morgan fingerprint density at radius 3 is 2.62 bits per heavy atom. The van der Waals surface area contributed by atoms with Gasteiger partial charge in [-0.05, 0) is 41.8 Å². The second-order valence-electron chi connectivity index (χ2n) is 5.05. The lowest BCUT2D eigenvalue weighted by Gasteiger charge is -2.24. The number of rotatable bonds is 3. The smallest absolute Gasteiger partial charge is 0.255 e.